The van der Waals surface area contributed by atoms with Gasteiger partial charge in [-0.05, 0) is 44.4 Å². The second-order valence-corrected chi connectivity index (χ2v) is 5.88. The van der Waals surface area contributed by atoms with Crippen LogP contribution in [-0.2, 0) is 0 Å². The van der Waals surface area contributed by atoms with Gasteiger partial charge in [0.15, 0.2) is 0 Å². The van der Waals surface area contributed by atoms with Crippen molar-refractivity contribution < 1.29 is 0 Å². The third-order valence-electron chi connectivity index (χ3n) is 4.84. The van der Waals surface area contributed by atoms with E-state index in [9.17, 15) is 0 Å². The van der Waals surface area contributed by atoms with E-state index in [1.807, 2.05) is 0 Å². The highest BCUT2D eigenvalue weighted by atomic mass is 15.3. The van der Waals surface area contributed by atoms with E-state index < -0.39 is 0 Å². The van der Waals surface area contributed by atoms with Gasteiger partial charge in [-0.2, -0.15) is 0 Å². The fraction of sp³-hybridized carbons (Fsp3) is 0.533. The SMILES string of the molecule is Cc1cccc2nc(N)n(C3CCN4CCCC34)c12. The van der Waals surface area contributed by atoms with Crippen molar-refractivity contribution in [3.05, 3.63) is 23.8 Å². The van der Waals surface area contributed by atoms with Crippen molar-refractivity contribution in [3.63, 3.8) is 0 Å². The lowest BCUT2D eigenvalue weighted by Crippen LogP contribution is -2.28. The van der Waals surface area contributed by atoms with Crippen LogP contribution in [0.3, 0.4) is 0 Å². The smallest absolute Gasteiger partial charge is 0.201 e. The van der Waals surface area contributed by atoms with E-state index in [0.29, 0.717) is 18.0 Å². The van der Waals surface area contributed by atoms with Gasteiger partial charge in [0.1, 0.15) is 0 Å². The molecule has 1 aromatic heterocycles. The highest BCUT2D eigenvalue weighted by Crippen LogP contribution is 2.39. The number of aromatic nitrogens is 2. The number of hydrogen-bond donors (Lipinski definition) is 1. The number of imidazole rings is 1. The molecule has 2 saturated heterocycles. The zero-order chi connectivity index (χ0) is 13.0. The molecule has 19 heavy (non-hydrogen) atoms. The van der Waals surface area contributed by atoms with Crippen LogP contribution < -0.4 is 5.73 Å². The molecule has 4 heteroatoms. The van der Waals surface area contributed by atoms with Gasteiger partial charge in [-0.1, -0.05) is 12.1 Å². The molecule has 2 fully saturated rings. The van der Waals surface area contributed by atoms with Gasteiger partial charge in [-0.3, -0.25) is 4.90 Å². The van der Waals surface area contributed by atoms with E-state index in [-0.39, 0.29) is 0 Å². The van der Waals surface area contributed by atoms with Crippen LogP contribution in [0.25, 0.3) is 11.0 Å². The summed E-state index contributed by atoms with van der Waals surface area (Å²) >= 11 is 0. The number of nitrogen functional groups attached to an aromatic ring is 1. The number of fused-ring (bicyclic) bond motifs is 2. The number of anilines is 1. The summed E-state index contributed by atoms with van der Waals surface area (Å²) < 4.78 is 2.31. The molecule has 2 aliphatic rings. The molecule has 2 aliphatic heterocycles. The van der Waals surface area contributed by atoms with Crippen LogP contribution >= 0.6 is 0 Å². The minimum Gasteiger partial charge on any atom is -0.369 e. The number of nitrogens with zero attached hydrogens (tertiary/aromatic N) is 3. The molecule has 4 nitrogen and oxygen atoms in total. The Balaban J connectivity index is 1.89. The minimum atomic E-state index is 0.508. The molecule has 0 amide bonds. The maximum atomic E-state index is 6.22. The van der Waals surface area contributed by atoms with Crippen molar-refractivity contribution in [2.45, 2.75) is 38.3 Å². The van der Waals surface area contributed by atoms with Crippen molar-refractivity contribution in [2.75, 3.05) is 18.8 Å². The van der Waals surface area contributed by atoms with Gasteiger partial charge in [-0.15, -0.1) is 0 Å². The summed E-state index contributed by atoms with van der Waals surface area (Å²) in [4.78, 5) is 7.17. The molecule has 0 radical (unpaired) electrons. The third-order valence-corrected chi connectivity index (χ3v) is 4.84. The predicted octanol–water partition coefficient (Wildman–Crippen LogP) is 2.34. The van der Waals surface area contributed by atoms with Crippen LogP contribution in [0, 0.1) is 6.92 Å². The molecular weight excluding hydrogens is 236 g/mol. The standard InChI is InChI=1S/C15H20N4/c1-10-4-2-5-11-14(10)19(15(16)17-11)13-7-9-18-8-3-6-12(13)18/h2,4-5,12-13H,3,6-9H2,1H3,(H2,16,17). The molecular formula is C15H20N4. The summed E-state index contributed by atoms with van der Waals surface area (Å²) in [6, 6.07) is 7.45. The molecule has 2 atom stereocenters. The Morgan fingerprint density at radius 1 is 1.21 bits per heavy atom. The van der Waals surface area contributed by atoms with Crippen molar-refractivity contribution in [3.8, 4) is 0 Å². The van der Waals surface area contributed by atoms with Crippen LogP contribution in [0.4, 0.5) is 5.95 Å². The first kappa shape index (κ1) is 11.3. The molecule has 2 N–H and O–H groups in total. The summed E-state index contributed by atoms with van der Waals surface area (Å²) in [5.74, 6) is 0.683. The molecule has 2 unspecified atom stereocenters. The van der Waals surface area contributed by atoms with E-state index in [1.165, 1.54) is 43.4 Å². The van der Waals surface area contributed by atoms with Crippen LogP contribution in [-0.4, -0.2) is 33.6 Å². The monoisotopic (exact) mass is 256 g/mol. The van der Waals surface area contributed by atoms with E-state index in [1.54, 1.807) is 0 Å². The lowest BCUT2D eigenvalue weighted by Gasteiger charge is -2.23. The highest BCUT2D eigenvalue weighted by molar-refractivity contribution is 5.81. The molecule has 3 heterocycles. The van der Waals surface area contributed by atoms with Crippen LogP contribution in [0.5, 0.6) is 0 Å². The maximum Gasteiger partial charge on any atom is 0.201 e. The van der Waals surface area contributed by atoms with Crippen molar-refractivity contribution in [1.29, 1.82) is 0 Å². The Bertz CT molecular complexity index is 630. The zero-order valence-corrected chi connectivity index (χ0v) is 11.3. The Morgan fingerprint density at radius 2 is 2.11 bits per heavy atom. The van der Waals surface area contributed by atoms with Gasteiger partial charge in [0.2, 0.25) is 5.95 Å². The van der Waals surface area contributed by atoms with Crippen molar-refractivity contribution >= 4 is 17.0 Å². The van der Waals surface area contributed by atoms with Gasteiger partial charge in [-0.25, -0.2) is 4.98 Å². The molecule has 2 aromatic rings. The summed E-state index contributed by atoms with van der Waals surface area (Å²) in [5.41, 5.74) is 9.77. The lowest BCUT2D eigenvalue weighted by atomic mass is 10.1. The zero-order valence-electron chi connectivity index (χ0n) is 11.3. The van der Waals surface area contributed by atoms with E-state index in [4.69, 9.17) is 5.73 Å². The number of nitrogens with two attached hydrogens (primary N) is 1. The van der Waals surface area contributed by atoms with E-state index >= 15 is 0 Å². The first-order chi connectivity index (χ1) is 9.25. The largest absolute Gasteiger partial charge is 0.369 e. The first-order valence-corrected chi connectivity index (χ1v) is 7.23. The Kier molecular flexibility index (Phi) is 2.36. The number of benzene rings is 1. The summed E-state index contributed by atoms with van der Waals surface area (Å²) in [6.07, 6.45) is 3.83. The van der Waals surface area contributed by atoms with Gasteiger partial charge in [0.05, 0.1) is 17.1 Å². The number of hydrogen-bond acceptors (Lipinski definition) is 3. The summed E-state index contributed by atoms with van der Waals surface area (Å²) in [5, 5.41) is 0. The minimum absolute atomic E-state index is 0.508. The number of para-hydroxylation sites is 1. The average Bonchev–Trinajstić information content (AvgIpc) is 3.02. The second kappa shape index (κ2) is 3.97. The van der Waals surface area contributed by atoms with Crippen LogP contribution in [0.1, 0.15) is 30.9 Å². The molecule has 1 aromatic carbocycles. The summed E-state index contributed by atoms with van der Waals surface area (Å²) in [7, 11) is 0. The van der Waals surface area contributed by atoms with Gasteiger partial charge >= 0.3 is 0 Å². The Hall–Kier alpha value is -1.55. The first-order valence-electron chi connectivity index (χ1n) is 7.23. The molecule has 0 spiro atoms. The van der Waals surface area contributed by atoms with Crippen molar-refractivity contribution in [2.24, 2.45) is 0 Å². The molecule has 0 saturated carbocycles. The second-order valence-electron chi connectivity index (χ2n) is 5.88. The van der Waals surface area contributed by atoms with Gasteiger partial charge < -0.3 is 10.3 Å². The molecule has 0 bridgehead atoms. The fourth-order valence-corrected chi connectivity index (χ4v) is 4.03. The fourth-order valence-electron chi connectivity index (χ4n) is 4.03. The summed E-state index contributed by atoms with van der Waals surface area (Å²) in [6.45, 7) is 4.62. The van der Waals surface area contributed by atoms with Crippen molar-refractivity contribution in [1.82, 2.24) is 14.5 Å². The Labute approximate surface area is 113 Å². The maximum absolute atomic E-state index is 6.22. The van der Waals surface area contributed by atoms with Crippen LogP contribution in [0.15, 0.2) is 18.2 Å². The normalized spacial score (nSPS) is 27.2. The average molecular weight is 256 g/mol. The topological polar surface area (TPSA) is 47.1 Å². The van der Waals surface area contributed by atoms with Gasteiger partial charge in [0, 0.05) is 12.6 Å². The highest BCUT2D eigenvalue weighted by Gasteiger charge is 2.39. The number of aryl methyl sites for hydroxylation is 1. The van der Waals surface area contributed by atoms with E-state index in [2.05, 4.69) is 39.6 Å². The molecule has 100 valence electrons. The quantitative estimate of drug-likeness (QED) is 0.852. The predicted molar refractivity (Wildman–Crippen MR) is 77.1 cm³/mol. The third kappa shape index (κ3) is 1.53. The number of rotatable bonds is 1. The molecule has 0 aliphatic carbocycles. The molecule has 4 rings (SSSR count). The van der Waals surface area contributed by atoms with E-state index in [0.717, 1.165) is 5.52 Å². The Morgan fingerprint density at radius 3 is 3.00 bits per heavy atom. The van der Waals surface area contributed by atoms with Crippen LogP contribution in [0.2, 0.25) is 0 Å². The van der Waals surface area contributed by atoms with Gasteiger partial charge in [0.25, 0.3) is 0 Å². The lowest BCUT2D eigenvalue weighted by molar-refractivity contribution is 0.293.